The third-order valence-corrected chi connectivity index (χ3v) is 2.89. The van der Waals surface area contributed by atoms with Gasteiger partial charge in [0, 0.05) is 44.0 Å². The van der Waals surface area contributed by atoms with E-state index in [2.05, 4.69) is 10.6 Å². The fraction of sp³-hybridized carbons (Fsp3) is 0.571. The molecule has 19 heavy (non-hydrogen) atoms. The lowest BCUT2D eigenvalue weighted by Crippen LogP contribution is -2.40. The smallest absolute Gasteiger partial charge is 0.0347 e. The van der Waals surface area contributed by atoms with Gasteiger partial charge in [-0.2, -0.15) is 0 Å². The summed E-state index contributed by atoms with van der Waals surface area (Å²) in [7, 11) is 0. The Morgan fingerprint density at radius 1 is 1.05 bits per heavy atom. The van der Waals surface area contributed by atoms with E-state index in [1.54, 1.807) is 0 Å². The molecule has 0 bridgehead atoms. The second kappa shape index (κ2) is 8.87. The van der Waals surface area contributed by atoms with Gasteiger partial charge in [0.05, 0.1) is 0 Å². The largest absolute Gasteiger partial charge is 0.399 e. The number of anilines is 1. The Morgan fingerprint density at radius 3 is 2.32 bits per heavy atom. The second-order valence-corrected chi connectivity index (χ2v) is 5.05. The Bertz CT molecular complexity index is 353. The van der Waals surface area contributed by atoms with Crippen molar-refractivity contribution in [1.29, 1.82) is 0 Å². The maximum Gasteiger partial charge on any atom is 0.0347 e. The van der Waals surface area contributed by atoms with E-state index < -0.39 is 0 Å². The van der Waals surface area contributed by atoms with Gasteiger partial charge in [-0.15, -0.1) is 0 Å². The van der Waals surface area contributed by atoms with E-state index in [-0.39, 0.29) is 12.1 Å². The number of nitrogens with two attached hydrogens (primary N) is 3. The Labute approximate surface area is 115 Å². The minimum atomic E-state index is 0.0816. The Morgan fingerprint density at radius 2 is 1.68 bits per heavy atom. The molecule has 1 aromatic rings. The zero-order chi connectivity index (χ0) is 14.1. The molecule has 0 heterocycles. The van der Waals surface area contributed by atoms with Gasteiger partial charge in [0.15, 0.2) is 0 Å². The van der Waals surface area contributed by atoms with Gasteiger partial charge < -0.3 is 27.8 Å². The van der Waals surface area contributed by atoms with Crippen molar-refractivity contribution in [2.45, 2.75) is 25.4 Å². The van der Waals surface area contributed by atoms with Gasteiger partial charge in [0.1, 0.15) is 0 Å². The van der Waals surface area contributed by atoms with Gasteiger partial charge in [0.25, 0.3) is 0 Å². The van der Waals surface area contributed by atoms with Crippen molar-refractivity contribution in [3.05, 3.63) is 29.8 Å². The van der Waals surface area contributed by atoms with Gasteiger partial charge in [-0.3, -0.25) is 0 Å². The number of hydrogen-bond donors (Lipinski definition) is 5. The summed E-state index contributed by atoms with van der Waals surface area (Å²) in [4.78, 5) is 0. The quantitative estimate of drug-likeness (QED) is 0.311. The fourth-order valence-electron chi connectivity index (χ4n) is 1.87. The topological polar surface area (TPSA) is 102 Å². The molecule has 0 radical (unpaired) electrons. The lowest BCUT2D eigenvalue weighted by atomic mass is 10.0. The van der Waals surface area contributed by atoms with Crippen molar-refractivity contribution in [1.82, 2.24) is 10.6 Å². The first kappa shape index (κ1) is 15.9. The summed E-state index contributed by atoms with van der Waals surface area (Å²) in [6.07, 6.45) is 0.799. The molecule has 8 N–H and O–H groups in total. The van der Waals surface area contributed by atoms with Crippen LogP contribution in [0.5, 0.6) is 0 Å². The van der Waals surface area contributed by atoms with Crippen LogP contribution in [-0.2, 0) is 6.42 Å². The number of hydrogen-bond acceptors (Lipinski definition) is 5. The van der Waals surface area contributed by atoms with Crippen molar-refractivity contribution >= 4 is 5.69 Å². The van der Waals surface area contributed by atoms with Gasteiger partial charge in [-0.25, -0.2) is 0 Å². The minimum Gasteiger partial charge on any atom is -0.399 e. The first-order chi connectivity index (χ1) is 9.09. The second-order valence-electron chi connectivity index (χ2n) is 5.05. The molecule has 5 heteroatoms. The zero-order valence-corrected chi connectivity index (χ0v) is 11.7. The number of nitrogens with one attached hydrogen (secondary N) is 2. The summed E-state index contributed by atoms with van der Waals surface area (Å²) in [5.74, 6) is 0. The highest BCUT2D eigenvalue weighted by molar-refractivity contribution is 5.46. The summed E-state index contributed by atoms with van der Waals surface area (Å²) in [5.41, 5.74) is 19.5. The van der Waals surface area contributed by atoms with Crippen LogP contribution in [0.4, 0.5) is 5.69 Å². The van der Waals surface area contributed by atoms with Crippen LogP contribution in [0.2, 0.25) is 0 Å². The summed E-state index contributed by atoms with van der Waals surface area (Å²) in [6.45, 7) is 5.41. The van der Waals surface area contributed by atoms with Crippen LogP contribution in [0.25, 0.3) is 0 Å². The third-order valence-electron chi connectivity index (χ3n) is 2.89. The molecule has 0 aromatic heterocycles. The number of benzene rings is 1. The highest BCUT2D eigenvalue weighted by atomic mass is 15.0. The van der Waals surface area contributed by atoms with Crippen LogP contribution in [-0.4, -0.2) is 38.3 Å². The van der Waals surface area contributed by atoms with Crippen LogP contribution >= 0.6 is 0 Å². The molecule has 0 saturated heterocycles. The number of para-hydroxylation sites is 1. The van der Waals surface area contributed by atoms with E-state index in [9.17, 15) is 0 Å². The van der Waals surface area contributed by atoms with Gasteiger partial charge >= 0.3 is 0 Å². The number of rotatable bonds is 9. The van der Waals surface area contributed by atoms with E-state index in [1.807, 2.05) is 31.2 Å². The molecule has 2 unspecified atom stereocenters. The molecular weight excluding hydrogens is 238 g/mol. The van der Waals surface area contributed by atoms with Crippen molar-refractivity contribution in [2.24, 2.45) is 11.5 Å². The van der Waals surface area contributed by atoms with Crippen LogP contribution in [0.1, 0.15) is 12.5 Å². The molecule has 2 atom stereocenters. The normalized spacial score (nSPS) is 14.3. The molecule has 5 nitrogen and oxygen atoms in total. The molecule has 0 amide bonds. The third kappa shape index (κ3) is 7.12. The predicted octanol–water partition coefficient (Wildman–Crippen LogP) is -0.335. The first-order valence-electron chi connectivity index (χ1n) is 6.85. The predicted molar refractivity (Wildman–Crippen MR) is 81.9 cm³/mol. The maximum absolute atomic E-state index is 6.08. The molecule has 0 aliphatic heterocycles. The summed E-state index contributed by atoms with van der Waals surface area (Å²) >= 11 is 0. The lowest BCUT2D eigenvalue weighted by Gasteiger charge is -2.14. The average Bonchev–Trinajstić information content (AvgIpc) is 2.36. The summed E-state index contributed by atoms with van der Waals surface area (Å²) in [5, 5.41) is 6.60. The molecule has 1 rings (SSSR count). The van der Waals surface area contributed by atoms with E-state index in [1.165, 1.54) is 0 Å². The molecule has 108 valence electrons. The number of nitrogen functional groups attached to an aromatic ring is 1. The highest BCUT2D eigenvalue weighted by Gasteiger charge is 2.05. The van der Waals surface area contributed by atoms with Crippen molar-refractivity contribution in [2.75, 3.05) is 31.9 Å². The van der Waals surface area contributed by atoms with E-state index >= 15 is 0 Å². The molecule has 0 spiro atoms. The Hall–Kier alpha value is -1.14. The van der Waals surface area contributed by atoms with E-state index in [0.717, 1.165) is 43.9 Å². The van der Waals surface area contributed by atoms with Crippen molar-refractivity contribution in [3.63, 3.8) is 0 Å². The van der Waals surface area contributed by atoms with Crippen molar-refractivity contribution in [3.8, 4) is 0 Å². The van der Waals surface area contributed by atoms with Crippen LogP contribution in [0.3, 0.4) is 0 Å². The van der Waals surface area contributed by atoms with Gasteiger partial charge in [-0.1, -0.05) is 18.2 Å². The molecule has 0 fully saturated rings. The molecule has 1 aromatic carbocycles. The Kier molecular flexibility index (Phi) is 7.43. The monoisotopic (exact) mass is 265 g/mol. The molecule has 0 aliphatic carbocycles. The van der Waals surface area contributed by atoms with Crippen LogP contribution in [0.15, 0.2) is 24.3 Å². The summed E-state index contributed by atoms with van der Waals surface area (Å²) < 4.78 is 0. The standard InChI is InChI=1S/C14H27N5/c1-11(15)9-18-6-7-19-10-13(16)8-12-4-2-3-5-14(12)17/h2-5,11,13,18-19H,6-10,15-17H2,1H3. The highest BCUT2D eigenvalue weighted by Crippen LogP contribution is 2.11. The van der Waals surface area contributed by atoms with E-state index in [4.69, 9.17) is 17.2 Å². The van der Waals surface area contributed by atoms with Crippen LogP contribution < -0.4 is 27.8 Å². The first-order valence-corrected chi connectivity index (χ1v) is 6.85. The Balaban J connectivity index is 2.11. The van der Waals surface area contributed by atoms with Gasteiger partial charge in [-0.05, 0) is 25.0 Å². The van der Waals surface area contributed by atoms with Crippen molar-refractivity contribution < 1.29 is 0 Å². The molecule has 0 aliphatic rings. The minimum absolute atomic E-state index is 0.0816. The van der Waals surface area contributed by atoms with E-state index in [0.29, 0.717) is 0 Å². The molecular formula is C14H27N5. The summed E-state index contributed by atoms with van der Waals surface area (Å²) in [6, 6.07) is 8.14. The zero-order valence-electron chi connectivity index (χ0n) is 11.7. The van der Waals surface area contributed by atoms with Gasteiger partial charge in [0.2, 0.25) is 0 Å². The molecule has 0 saturated carbocycles. The average molecular weight is 265 g/mol. The fourth-order valence-corrected chi connectivity index (χ4v) is 1.87. The maximum atomic E-state index is 6.08. The lowest BCUT2D eigenvalue weighted by molar-refractivity contribution is 0.540. The SMILES string of the molecule is CC(N)CNCCNCC(N)Cc1ccccc1N. The van der Waals surface area contributed by atoms with Crippen LogP contribution in [0, 0.1) is 0 Å².